The van der Waals surface area contributed by atoms with Crippen LogP contribution in [-0.4, -0.2) is 45.3 Å². The van der Waals surface area contributed by atoms with Crippen LogP contribution in [0.25, 0.3) is 0 Å². The van der Waals surface area contributed by atoms with E-state index < -0.39 is 10.2 Å². The topological polar surface area (TPSA) is 59.1 Å². The monoisotopic (exact) mass is 364 g/mol. The highest BCUT2D eigenvalue weighted by atomic mass is 32.2. The zero-order valence-corrected chi connectivity index (χ0v) is 15.8. The molecule has 7 heteroatoms. The number of nitrogens with zero attached hydrogens (tertiary/aromatic N) is 2. The minimum Gasteiger partial charge on any atom is -0.497 e. The van der Waals surface area contributed by atoms with Gasteiger partial charge in [-0.05, 0) is 35.4 Å². The van der Waals surface area contributed by atoms with Gasteiger partial charge in [0.25, 0.3) is 10.2 Å². The van der Waals surface area contributed by atoms with Crippen molar-refractivity contribution in [3.8, 4) is 11.5 Å². The summed E-state index contributed by atoms with van der Waals surface area (Å²) < 4.78 is 38.3. The van der Waals surface area contributed by atoms with Crippen molar-refractivity contribution < 1.29 is 17.9 Å². The SMILES string of the molecule is COc1ccc(CN(Cc2ccc(OC)cc2)S(=O)(=O)N(C)C)cc1. The van der Waals surface area contributed by atoms with E-state index in [1.54, 1.807) is 14.2 Å². The van der Waals surface area contributed by atoms with E-state index in [-0.39, 0.29) is 13.1 Å². The molecule has 0 saturated heterocycles. The Balaban J connectivity index is 2.25. The van der Waals surface area contributed by atoms with E-state index in [1.807, 2.05) is 48.5 Å². The molecule has 0 fully saturated rings. The molecule has 0 aromatic heterocycles. The summed E-state index contributed by atoms with van der Waals surface area (Å²) in [6.45, 7) is 0.549. The Hall–Kier alpha value is -2.09. The van der Waals surface area contributed by atoms with E-state index >= 15 is 0 Å². The van der Waals surface area contributed by atoms with Crippen molar-refractivity contribution in [2.45, 2.75) is 13.1 Å². The van der Waals surface area contributed by atoms with Crippen LogP contribution in [0.3, 0.4) is 0 Å². The lowest BCUT2D eigenvalue weighted by atomic mass is 10.2. The van der Waals surface area contributed by atoms with Gasteiger partial charge in [-0.3, -0.25) is 0 Å². The summed E-state index contributed by atoms with van der Waals surface area (Å²) >= 11 is 0. The van der Waals surface area contributed by atoms with Crippen LogP contribution in [0.15, 0.2) is 48.5 Å². The van der Waals surface area contributed by atoms with Crippen LogP contribution in [0.4, 0.5) is 0 Å². The maximum Gasteiger partial charge on any atom is 0.282 e. The zero-order chi connectivity index (χ0) is 18.4. The van der Waals surface area contributed by atoms with Gasteiger partial charge in [-0.1, -0.05) is 24.3 Å². The second kappa shape index (κ2) is 8.33. The molecule has 0 amide bonds. The van der Waals surface area contributed by atoms with Gasteiger partial charge >= 0.3 is 0 Å². The summed E-state index contributed by atoms with van der Waals surface area (Å²) in [4.78, 5) is 0. The average molecular weight is 364 g/mol. The van der Waals surface area contributed by atoms with E-state index in [9.17, 15) is 8.42 Å². The molecule has 6 nitrogen and oxygen atoms in total. The summed E-state index contributed by atoms with van der Waals surface area (Å²) in [5, 5.41) is 0. The highest BCUT2D eigenvalue weighted by Gasteiger charge is 2.25. The first kappa shape index (κ1) is 19.2. The third kappa shape index (κ3) is 4.94. The first-order valence-electron chi connectivity index (χ1n) is 7.80. The Bertz CT molecular complexity index is 722. The predicted molar refractivity (Wildman–Crippen MR) is 97.8 cm³/mol. The Morgan fingerprint density at radius 1 is 0.760 bits per heavy atom. The molecule has 0 atom stereocenters. The van der Waals surface area contributed by atoms with Gasteiger partial charge in [0.15, 0.2) is 0 Å². The molecule has 0 aliphatic carbocycles. The van der Waals surface area contributed by atoms with Crippen molar-refractivity contribution in [1.29, 1.82) is 0 Å². The lowest BCUT2D eigenvalue weighted by Gasteiger charge is -2.25. The molecule has 0 spiro atoms. The minimum absolute atomic E-state index is 0.274. The van der Waals surface area contributed by atoms with Crippen LogP contribution in [0.2, 0.25) is 0 Å². The van der Waals surface area contributed by atoms with Crippen LogP contribution >= 0.6 is 0 Å². The molecule has 2 rings (SSSR count). The van der Waals surface area contributed by atoms with Crippen LogP contribution in [-0.2, 0) is 23.3 Å². The normalized spacial score (nSPS) is 11.8. The minimum atomic E-state index is -3.56. The first-order chi connectivity index (χ1) is 11.9. The summed E-state index contributed by atoms with van der Waals surface area (Å²) in [6.07, 6.45) is 0. The Kier molecular flexibility index (Phi) is 6.41. The molecule has 0 aliphatic rings. The number of methoxy groups -OCH3 is 2. The third-order valence-corrected chi connectivity index (χ3v) is 5.66. The third-order valence-electron chi connectivity index (χ3n) is 3.82. The Morgan fingerprint density at radius 3 is 1.40 bits per heavy atom. The molecule has 0 bridgehead atoms. The number of ether oxygens (including phenoxy) is 2. The van der Waals surface area contributed by atoms with Crippen molar-refractivity contribution >= 4 is 10.2 Å². The largest absolute Gasteiger partial charge is 0.497 e. The fourth-order valence-electron chi connectivity index (χ4n) is 2.32. The van der Waals surface area contributed by atoms with Gasteiger partial charge in [-0.25, -0.2) is 0 Å². The first-order valence-corrected chi connectivity index (χ1v) is 9.20. The summed E-state index contributed by atoms with van der Waals surface area (Å²) in [5.74, 6) is 1.47. The van der Waals surface area contributed by atoms with Gasteiger partial charge in [0, 0.05) is 27.2 Å². The van der Waals surface area contributed by atoms with E-state index in [1.165, 1.54) is 22.7 Å². The van der Waals surface area contributed by atoms with Crippen molar-refractivity contribution in [3.63, 3.8) is 0 Å². The second-order valence-corrected chi connectivity index (χ2v) is 7.90. The number of rotatable bonds is 8. The molecule has 0 radical (unpaired) electrons. The summed E-state index contributed by atoms with van der Waals surface area (Å²) in [7, 11) is 2.70. The van der Waals surface area contributed by atoms with Crippen LogP contribution in [0, 0.1) is 0 Å². The molecular weight excluding hydrogens is 340 g/mol. The molecular formula is C18H24N2O4S. The molecule has 0 aliphatic heterocycles. The number of hydrogen-bond acceptors (Lipinski definition) is 4. The maximum absolute atomic E-state index is 12.7. The standard InChI is InChI=1S/C18H24N2O4S/c1-19(2)25(21,22)20(13-15-5-9-17(23-3)10-6-15)14-16-7-11-18(24-4)12-8-16/h5-12H,13-14H2,1-4H3. The molecule has 0 saturated carbocycles. The molecule has 25 heavy (non-hydrogen) atoms. The van der Waals surface area contributed by atoms with Gasteiger partial charge in [0.05, 0.1) is 14.2 Å². The highest BCUT2D eigenvalue weighted by molar-refractivity contribution is 7.86. The van der Waals surface area contributed by atoms with Gasteiger partial charge in [-0.15, -0.1) is 0 Å². The molecule has 0 N–H and O–H groups in total. The Labute approximate surface area is 149 Å². The van der Waals surface area contributed by atoms with Gasteiger partial charge in [0.1, 0.15) is 11.5 Å². The fourth-order valence-corrected chi connectivity index (χ4v) is 3.41. The fraction of sp³-hybridized carbons (Fsp3) is 0.333. The van der Waals surface area contributed by atoms with Crippen molar-refractivity contribution in [1.82, 2.24) is 8.61 Å². The highest BCUT2D eigenvalue weighted by Crippen LogP contribution is 2.19. The second-order valence-electron chi connectivity index (χ2n) is 5.75. The molecule has 2 aromatic carbocycles. The van der Waals surface area contributed by atoms with Gasteiger partial charge < -0.3 is 9.47 Å². The van der Waals surface area contributed by atoms with E-state index in [2.05, 4.69) is 0 Å². The Morgan fingerprint density at radius 2 is 1.12 bits per heavy atom. The molecule has 0 unspecified atom stereocenters. The number of benzene rings is 2. The summed E-state index contributed by atoms with van der Waals surface area (Å²) in [6, 6.07) is 14.8. The lowest BCUT2D eigenvalue weighted by Crippen LogP contribution is -2.39. The van der Waals surface area contributed by atoms with Crippen LogP contribution in [0.1, 0.15) is 11.1 Å². The maximum atomic E-state index is 12.7. The zero-order valence-electron chi connectivity index (χ0n) is 15.0. The average Bonchev–Trinajstić information content (AvgIpc) is 2.62. The van der Waals surface area contributed by atoms with Gasteiger partial charge in [0.2, 0.25) is 0 Å². The van der Waals surface area contributed by atoms with Crippen LogP contribution < -0.4 is 9.47 Å². The lowest BCUT2D eigenvalue weighted by molar-refractivity contribution is 0.364. The van der Waals surface area contributed by atoms with Crippen molar-refractivity contribution in [2.75, 3.05) is 28.3 Å². The molecule has 136 valence electrons. The smallest absolute Gasteiger partial charge is 0.282 e. The quantitative estimate of drug-likeness (QED) is 0.722. The van der Waals surface area contributed by atoms with Crippen molar-refractivity contribution in [3.05, 3.63) is 59.7 Å². The van der Waals surface area contributed by atoms with E-state index in [4.69, 9.17) is 9.47 Å². The van der Waals surface area contributed by atoms with Gasteiger partial charge in [-0.2, -0.15) is 17.0 Å². The predicted octanol–water partition coefficient (Wildman–Crippen LogP) is 2.51. The molecule has 2 aromatic rings. The number of hydrogen-bond donors (Lipinski definition) is 0. The van der Waals surface area contributed by atoms with Crippen molar-refractivity contribution in [2.24, 2.45) is 0 Å². The molecule has 0 heterocycles. The summed E-state index contributed by atoms with van der Waals surface area (Å²) in [5.41, 5.74) is 1.78. The van der Waals surface area contributed by atoms with E-state index in [0.717, 1.165) is 22.6 Å². The van der Waals surface area contributed by atoms with E-state index in [0.29, 0.717) is 0 Å². The van der Waals surface area contributed by atoms with Crippen LogP contribution in [0.5, 0.6) is 11.5 Å².